The van der Waals surface area contributed by atoms with Crippen LogP contribution in [-0.2, 0) is 0 Å². The molecule has 0 aliphatic rings. The van der Waals surface area contributed by atoms with Crippen molar-refractivity contribution < 1.29 is 4.79 Å². The Morgan fingerprint density at radius 2 is 1.84 bits per heavy atom. The molecular weight excluding hydrogens is 330 g/mol. The number of nitrogens with one attached hydrogen (secondary N) is 1. The molecule has 0 spiro atoms. The van der Waals surface area contributed by atoms with Gasteiger partial charge in [-0.25, -0.2) is 4.98 Å². The molecule has 4 aromatic rings. The fourth-order valence-electron chi connectivity index (χ4n) is 2.97. The maximum absolute atomic E-state index is 12.6. The van der Waals surface area contributed by atoms with Crippen LogP contribution in [-0.4, -0.2) is 15.5 Å². The lowest BCUT2D eigenvalue weighted by Gasteiger charge is -2.07. The number of aryl methyl sites for hydroxylation is 2. The minimum Gasteiger partial charge on any atom is -0.324 e. The third kappa shape index (κ3) is 2.94. The van der Waals surface area contributed by atoms with Gasteiger partial charge in [0.05, 0.1) is 5.69 Å². The molecule has 25 heavy (non-hydrogen) atoms. The maximum atomic E-state index is 12.6. The largest absolute Gasteiger partial charge is 0.324 e. The molecule has 0 bridgehead atoms. The lowest BCUT2D eigenvalue weighted by molar-refractivity contribution is 0.102. The molecule has 0 fully saturated rings. The van der Waals surface area contributed by atoms with Crippen molar-refractivity contribution in [2.24, 2.45) is 0 Å². The Labute approximate surface area is 149 Å². The first-order chi connectivity index (χ1) is 12.1. The predicted octanol–water partition coefficient (Wildman–Crippen LogP) is 4.96. The fourth-order valence-corrected chi connectivity index (χ4v) is 3.96. The van der Waals surface area contributed by atoms with Crippen molar-refractivity contribution in [1.82, 2.24) is 9.55 Å². The second kappa shape index (κ2) is 6.18. The number of hydrogen-bond donors (Lipinski definition) is 1. The molecule has 0 saturated carbocycles. The van der Waals surface area contributed by atoms with Crippen LogP contribution in [0.2, 0.25) is 0 Å². The summed E-state index contributed by atoms with van der Waals surface area (Å²) in [5.74, 6) is -0.112. The van der Waals surface area contributed by atoms with Crippen molar-refractivity contribution in [2.75, 3.05) is 5.32 Å². The molecule has 1 aromatic carbocycles. The van der Waals surface area contributed by atoms with E-state index in [1.54, 1.807) is 11.3 Å². The topological polar surface area (TPSA) is 46.9 Å². The number of rotatable bonds is 3. The van der Waals surface area contributed by atoms with Crippen LogP contribution in [0.25, 0.3) is 15.9 Å². The number of pyridine rings is 1. The van der Waals surface area contributed by atoms with E-state index in [0.29, 0.717) is 5.56 Å². The quantitative estimate of drug-likeness (QED) is 0.569. The molecule has 1 N–H and O–H groups in total. The van der Waals surface area contributed by atoms with E-state index in [4.69, 9.17) is 0 Å². The van der Waals surface area contributed by atoms with Gasteiger partial charge >= 0.3 is 0 Å². The van der Waals surface area contributed by atoms with Crippen molar-refractivity contribution in [3.8, 4) is 5.69 Å². The third-order valence-corrected chi connectivity index (χ3v) is 5.02. The lowest BCUT2D eigenvalue weighted by atomic mass is 10.1. The monoisotopic (exact) mass is 347 g/mol. The van der Waals surface area contributed by atoms with Crippen LogP contribution in [0.1, 0.15) is 21.6 Å². The number of carbonyl (C=O) groups excluding carboxylic acids is 1. The minimum absolute atomic E-state index is 0.112. The number of aromatic nitrogens is 2. The predicted molar refractivity (Wildman–Crippen MR) is 103 cm³/mol. The van der Waals surface area contributed by atoms with E-state index in [9.17, 15) is 4.79 Å². The molecule has 0 unspecified atom stereocenters. The molecule has 4 rings (SSSR count). The van der Waals surface area contributed by atoms with Gasteiger partial charge < -0.3 is 9.88 Å². The highest BCUT2D eigenvalue weighted by Gasteiger charge is 2.13. The van der Waals surface area contributed by atoms with E-state index >= 15 is 0 Å². The molecular formula is C20H17N3OS. The molecule has 1 amide bonds. The van der Waals surface area contributed by atoms with Gasteiger partial charge in [-0.3, -0.25) is 4.79 Å². The van der Waals surface area contributed by atoms with Crippen molar-refractivity contribution in [3.05, 3.63) is 77.1 Å². The van der Waals surface area contributed by atoms with Crippen molar-refractivity contribution in [3.63, 3.8) is 0 Å². The number of fused-ring (bicyclic) bond motifs is 1. The molecule has 3 aromatic heterocycles. The summed E-state index contributed by atoms with van der Waals surface area (Å²) in [4.78, 5) is 18.1. The van der Waals surface area contributed by atoms with Crippen molar-refractivity contribution in [2.45, 2.75) is 13.8 Å². The van der Waals surface area contributed by atoms with Crippen LogP contribution < -0.4 is 5.32 Å². The Hall–Kier alpha value is -2.92. The van der Waals surface area contributed by atoms with E-state index in [1.807, 2.05) is 78.7 Å². The zero-order valence-corrected chi connectivity index (χ0v) is 14.8. The minimum atomic E-state index is -0.112. The van der Waals surface area contributed by atoms with E-state index in [-0.39, 0.29) is 5.91 Å². The number of hydrogen-bond acceptors (Lipinski definition) is 3. The van der Waals surface area contributed by atoms with Gasteiger partial charge in [-0.2, -0.15) is 0 Å². The number of thiophene rings is 1. The Kier molecular flexibility index (Phi) is 3.86. The van der Waals surface area contributed by atoms with Gasteiger partial charge in [-0.1, -0.05) is 0 Å². The summed E-state index contributed by atoms with van der Waals surface area (Å²) < 4.78 is 2.01. The zero-order valence-electron chi connectivity index (χ0n) is 14.0. The van der Waals surface area contributed by atoms with Crippen molar-refractivity contribution >= 4 is 33.1 Å². The molecule has 0 aliphatic heterocycles. The average Bonchev–Trinajstić information content (AvgIpc) is 3.25. The van der Waals surface area contributed by atoms with Crippen LogP contribution in [0.4, 0.5) is 5.69 Å². The van der Waals surface area contributed by atoms with Gasteiger partial charge in [0.25, 0.3) is 5.91 Å². The first kappa shape index (κ1) is 15.6. The standard InChI is InChI=1S/C20H17N3OS/c1-13-11-14(2)21-20-18(13)17(12-25-20)22-19(24)15-5-7-16(8-6-15)23-9-3-4-10-23/h3-12H,1-2H3,(H,22,24). The SMILES string of the molecule is Cc1cc(C)c2c(NC(=O)c3ccc(-n4cccc4)cc3)csc2n1. The molecule has 5 heteroatoms. The maximum Gasteiger partial charge on any atom is 0.255 e. The smallest absolute Gasteiger partial charge is 0.255 e. The normalized spacial score (nSPS) is 11.0. The molecule has 3 heterocycles. The number of amides is 1. The first-order valence-corrected chi connectivity index (χ1v) is 8.90. The van der Waals surface area contributed by atoms with Crippen LogP contribution >= 0.6 is 11.3 Å². The Morgan fingerprint density at radius 1 is 1.12 bits per heavy atom. The van der Waals surface area contributed by atoms with Gasteiger partial charge in [-0.15, -0.1) is 11.3 Å². The summed E-state index contributed by atoms with van der Waals surface area (Å²) in [6.45, 7) is 4.03. The Bertz CT molecular complexity index is 1050. The highest BCUT2D eigenvalue weighted by Crippen LogP contribution is 2.32. The summed E-state index contributed by atoms with van der Waals surface area (Å²) >= 11 is 1.55. The Balaban J connectivity index is 1.60. The number of benzene rings is 1. The second-order valence-corrected chi connectivity index (χ2v) is 6.86. The number of carbonyl (C=O) groups is 1. The molecule has 0 atom stereocenters. The number of nitrogens with zero attached hydrogens (tertiary/aromatic N) is 2. The summed E-state index contributed by atoms with van der Waals surface area (Å²) in [7, 11) is 0. The molecule has 0 saturated heterocycles. The number of anilines is 1. The molecule has 0 aliphatic carbocycles. The van der Waals surface area contributed by atoms with Crippen LogP contribution in [0, 0.1) is 13.8 Å². The zero-order chi connectivity index (χ0) is 17.4. The first-order valence-electron chi connectivity index (χ1n) is 8.02. The highest BCUT2D eigenvalue weighted by atomic mass is 32.1. The van der Waals surface area contributed by atoms with E-state index < -0.39 is 0 Å². The van der Waals surface area contributed by atoms with Crippen LogP contribution in [0.3, 0.4) is 0 Å². The Morgan fingerprint density at radius 3 is 2.56 bits per heavy atom. The van der Waals surface area contributed by atoms with Gasteiger partial charge in [-0.05, 0) is 61.9 Å². The molecule has 0 radical (unpaired) electrons. The van der Waals surface area contributed by atoms with Gasteiger partial charge in [0.15, 0.2) is 0 Å². The summed E-state index contributed by atoms with van der Waals surface area (Å²) in [5, 5.41) is 6.00. The van der Waals surface area contributed by atoms with E-state index in [2.05, 4.69) is 10.3 Å². The van der Waals surface area contributed by atoms with Gasteiger partial charge in [0.1, 0.15) is 4.83 Å². The lowest BCUT2D eigenvalue weighted by Crippen LogP contribution is -2.11. The van der Waals surface area contributed by atoms with Crippen LogP contribution in [0.5, 0.6) is 0 Å². The fraction of sp³-hybridized carbons (Fsp3) is 0.100. The second-order valence-electron chi connectivity index (χ2n) is 6.00. The van der Waals surface area contributed by atoms with E-state index in [1.165, 1.54) is 0 Å². The summed E-state index contributed by atoms with van der Waals surface area (Å²) in [5.41, 5.74) is 4.60. The van der Waals surface area contributed by atoms with Crippen molar-refractivity contribution in [1.29, 1.82) is 0 Å². The van der Waals surface area contributed by atoms with E-state index in [0.717, 1.165) is 32.8 Å². The summed E-state index contributed by atoms with van der Waals surface area (Å²) in [6.07, 6.45) is 3.95. The molecule has 4 nitrogen and oxygen atoms in total. The molecule has 124 valence electrons. The highest BCUT2D eigenvalue weighted by molar-refractivity contribution is 7.17. The van der Waals surface area contributed by atoms with Gasteiger partial charge in [0, 0.05) is 40.1 Å². The third-order valence-electron chi connectivity index (χ3n) is 4.15. The van der Waals surface area contributed by atoms with Crippen LogP contribution in [0.15, 0.2) is 60.2 Å². The summed E-state index contributed by atoms with van der Waals surface area (Å²) in [6, 6.07) is 13.5. The average molecular weight is 347 g/mol. The van der Waals surface area contributed by atoms with Gasteiger partial charge in [0.2, 0.25) is 0 Å².